The third-order valence-electron chi connectivity index (χ3n) is 5.40. The van der Waals surface area contributed by atoms with Gasteiger partial charge in [0.25, 0.3) is 0 Å². The maximum Gasteiger partial charge on any atom is 0.244 e. The van der Waals surface area contributed by atoms with Gasteiger partial charge in [-0.15, -0.1) is 11.7 Å². The molecule has 0 aromatic carbocycles. The summed E-state index contributed by atoms with van der Waals surface area (Å²) in [5, 5.41) is 10.9. The fourth-order valence-corrected chi connectivity index (χ4v) is 3.75. The van der Waals surface area contributed by atoms with Crippen LogP contribution >= 0.6 is 0 Å². The molecule has 2 saturated heterocycles. The van der Waals surface area contributed by atoms with Gasteiger partial charge in [0.05, 0.1) is 0 Å². The van der Waals surface area contributed by atoms with Crippen molar-refractivity contribution in [2.45, 2.75) is 31.3 Å². The molecule has 2 aliphatic rings. The lowest BCUT2D eigenvalue weighted by Crippen LogP contribution is -2.62. The molecule has 2 fully saturated rings. The second-order valence-corrected chi connectivity index (χ2v) is 6.85. The lowest BCUT2D eigenvalue weighted by molar-refractivity contribution is -0.137. The van der Waals surface area contributed by atoms with E-state index in [4.69, 9.17) is 0 Å². The van der Waals surface area contributed by atoms with Gasteiger partial charge in [0.15, 0.2) is 0 Å². The van der Waals surface area contributed by atoms with E-state index in [1.165, 1.54) is 11.0 Å². The van der Waals surface area contributed by atoms with Crippen LogP contribution < -0.4 is 0 Å². The number of carbonyl (C=O) groups is 2. The van der Waals surface area contributed by atoms with Gasteiger partial charge in [-0.2, -0.15) is 0 Å². The van der Waals surface area contributed by atoms with Crippen LogP contribution in [-0.2, 0) is 16.1 Å². The number of likely N-dealkylation sites (N-methyl/N-ethyl adjacent to an activating group) is 1. The predicted molar refractivity (Wildman–Crippen MR) is 90.4 cm³/mol. The molecule has 0 bridgehead atoms. The summed E-state index contributed by atoms with van der Waals surface area (Å²) in [5.74, 6) is 0.181. The highest BCUT2D eigenvalue weighted by Gasteiger charge is 2.43. The second-order valence-electron chi connectivity index (χ2n) is 6.85. The van der Waals surface area contributed by atoms with Crippen LogP contribution in [0.2, 0.25) is 0 Å². The van der Waals surface area contributed by atoms with E-state index in [0.29, 0.717) is 32.6 Å². The van der Waals surface area contributed by atoms with Gasteiger partial charge in [0, 0.05) is 44.7 Å². The Hall–Kier alpha value is -2.29. The van der Waals surface area contributed by atoms with E-state index >= 15 is 0 Å². The third kappa shape index (κ3) is 3.71. The van der Waals surface area contributed by atoms with Crippen molar-refractivity contribution in [2.24, 2.45) is 0 Å². The molecule has 0 saturated carbocycles. The number of hydrogen-bond donors (Lipinski definition) is 0. The maximum absolute atomic E-state index is 12.6. The summed E-state index contributed by atoms with van der Waals surface area (Å²) in [6.45, 7) is 7.29. The van der Waals surface area contributed by atoms with Crippen molar-refractivity contribution in [2.75, 3.05) is 39.8 Å². The molecule has 1 spiro atoms. The van der Waals surface area contributed by atoms with E-state index in [2.05, 4.69) is 34.1 Å². The Morgan fingerprint density at radius 1 is 1.36 bits per heavy atom. The number of piperazine rings is 1. The van der Waals surface area contributed by atoms with Gasteiger partial charge >= 0.3 is 0 Å². The number of likely N-dealkylation sites (tertiary alicyclic amines) is 1. The minimum absolute atomic E-state index is 0.0123. The van der Waals surface area contributed by atoms with E-state index in [1.54, 1.807) is 6.08 Å². The summed E-state index contributed by atoms with van der Waals surface area (Å²) >= 11 is 0. The number of aromatic nitrogens is 4. The van der Waals surface area contributed by atoms with E-state index in [9.17, 15) is 9.59 Å². The third-order valence-corrected chi connectivity index (χ3v) is 5.40. The highest BCUT2D eigenvalue weighted by Crippen LogP contribution is 2.32. The molecule has 0 radical (unpaired) electrons. The van der Waals surface area contributed by atoms with E-state index in [1.807, 2.05) is 9.80 Å². The van der Waals surface area contributed by atoms with Crippen molar-refractivity contribution in [3.8, 4) is 0 Å². The van der Waals surface area contributed by atoms with Crippen molar-refractivity contribution < 1.29 is 9.59 Å². The van der Waals surface area contributed by atoms with Crippen LogP contribution in [0, 0.1) is 0 Å². The zero-order chi connectivity index (χ0) is 17.9. The first-order valence-corrected chi connectivity index (χ1v) is 8.62. The molecule has 1 aromatic heterocycles. The minimum atomic E-state index is -0.153. The fourth-order valence-electron chi connectivity index (χ4n) is 3.75. The molecule has 3 rings (SSSR count). The van der Waals surface area contributed by atoms with Crippen LogP contribution in [0.3, 0.4) is 0 Å². The molecule has 2 amide bonds. The number of hydrogen-bond acceptors (Lipinski definition) is 6. The van der Waals surface area contributed by atoms with E-state index in [-0.39, 0.29) is 23.9 Å². The zero-order valence-electron chi connectivity index (χ0n) is 14.7. The molecule has 136 valence electrons. The Morgan fingerprint density at radius 2 is 2.20 bits per heavy atom. The molecule has 0 N–H and O–H groups in total. The topological polar surface area (TPSA) is 87.5 Å². The molecule has 0 aliphatic carbocycles. The summed E-state index contributed by atoms with van der Waals surface area (Å²) in [6.07, 6.45) is 5.35. The van der Waals surface area contributed by atoms with Gasteiger partial charge in [-0.3, -0.25) is 14.5 Å². The Morgan fingerprint density at radius 3 is 2.92 bits per heavy atom. The Labute approximate surface area is 147 Å². The lowest BCUT2D eigenvalue weighted by atomic mass is 9.86. The standard InChI is InChI=1S/C16H25N7O2/c1-3-7-21-8-6-16(5-4-14(21)24)12-22(10-9-20(16)2)15(25)11-23-13-17-18-19-23/h3,13H,1,4-12H2,2H3/t16-/m0/s1. The van der Waals surface area contributed by atoms with Crippen LogP contribution in [-0.4, -0.2) is 92.0 Å². The first-order chi connectivity index (χ1) is 12.0. The van der Waals surface area contributed by atoms with Crippen molar-refractivity contribution in [1.82, 2.24) is 34.9 Å². The van der Waals surface area contributed by atoms with Crippen molar-refractivity contribution in [3.63, 3.8) is 0 Å². The van der Waals surface area contributed by atoms with Gasteiger partial charge in [-0.05, 0) is 30.3 Å². The number of tetrazole rings is 1. The Bertz CT molecular complexity index is 632. The lowest BCUT2D eigenvalue weighted by Gasteiger charge is -2.49. The molecule has 0 unspecified atom stereocenters. The second kappa shape index (κ2) is 7.30. The van der Waals surface area contributed by atoms with Crippen LogP contribution in [0.1, 0.15) is 19.3 Å². The monoisotopic (exact) mass is 347 g/mol. The van der Waals surface area contributed by atoms with Crippen molar-refractivity contribution >= 4 is 11.8 Å². The molecule has 3 heterocycles. The zero-order valence-corrected chi connectivity index (χ0v) is 14.7. The molecule has 1 atom stereocenters. The molecular weight excluding hydrogens is 322 g/mol. The summed E-state index contributed by atoms with van der Waals surface area (Å²) in [4.78, 5) is 31.0. The summed E-state index contributed by atoms with van der Waals surface area (Å²) in [7, 11) is 2.09. The van der Waals surface area contributed by atoms with Gasteiger partial charge in [0.1, 0.15) is 12.9 Å². The molecule has 2 aliphatic heterocycles. The smallest absolute Gasteiger partial charge is 0.244 e. The molecule has 1 aromatic rings. The van der Waals surface area contributed by atoms with Crippen LogP contribution in [0.25, 0.3) is 0 Å². The van der Waals surface area contributed by atoms with Gasteiger partial charge in [0.2, 0.25) is 11.8 Å². The minimum Gasteiger partial charge on any atom is -0.339 e. The Balaban J connectivity index is 1.70. The molecule has 9 heteroatoms. The highest BCUT2D eigenvalue weighted by atomic mass is 16.2. The van der Waals surface area contributed by atoms with Crippen molar-refractivity contribution in [3.05, 3.63) is 19.0 Å². The van der Waals surface area contributed by atoms with Gasteiger partial charge < -0.3 is 9.80 Å². The van der Waals surface area contributed by atoms with Gasteiger partial charge in [-0.1, -0.05) is 6.08 Å². The maximum atomic E-state index is 12.6. The first kappa shape index (κ1) is 17.5. The molecular formula is C16H25N7O2. The quantitative estimate of drug-likeness (QED) is 0.675. The van der Waals surface area contributed by atoms with Crippen LogP contribution in [0.5, 0.6) is 0 Å². The number of nitrogens with zero attached hydrogens (tertiary/aromatic N) is 7. The average molecular weight is 347 g/mol. The summed E-state index contributed by atoms with van der Waals surface area (Å²) in [5.41, 5.74) is -0.153. The summed E-state index contributed by atoms with van der Waals surface area (Å²) in [6, 6.07) is 0. The normalized spacial score (nSPS) is 25.2. The highest BCUT2D eigenvalue weighted by molar-refractivity contribution is 5.77. The number of carbonyl (C=O) groups excluding carboxylic acids is 2. The van der Waals surface area contributed by atoms with Crippen molar-refractivity contribution in [1.29, 1.82) is 0 Å². The average Bonchev–Trinajstić information content (AvgIpc) is 3.06. The van der Waals surface area contributed by atoms with Crippen LogP contribution in [0.4, 0.5) is 0 Å². The van der Waals surface area contributed by atoms with Crippen LogP contribution in [0.15, 0.2) is 19.0 Å². The Kier molecular flexibility index (Phi) is 5.12. The number of rotatable bonds is 4. The number of amides is 2. The molecule has 9 nitrogen and oxygen atoms in total. The van der Waals surface area contributed by atoms with E-state index < -0.39 is 0 Å². The summed E-state index contributed by atoms with van der Waals surface area (Å²) < 4.78 is 1.44. The first-order valence-electron chi connectivity index (χ1n) is 8.62. The largest absolute Gasteiger partial charge is 0.339 e. The SMILES string of the molecule is C=CCN1CC[C@@]2(CCC1=O)CN(C(=O)Cn1cnnn1)CCN2C. The fraction of sp³-hybridized carbons (Fsp3) is 0.688. The van der Waals surface area contributed by atoms with Gasteiger partial charge in [-0.25, -0.2) is 4.68 Å². The molecule has 25 heavy (non-hydrogen) atoms. The van der Waals surface area contributed by atoms with E-state index in [0.717, 1.165) is 19.4 Å². The predicted octanol–water partition coefficient (Wildman–Crippen LogP) is -0.616.